The molecule has 0 heterocycles. The van der Waals surface area contributed by atoms with Crippen molar-refractivity contribution in [3.05, 3.63) is 0 Å². The fourth-order valence-electron chi connectivity index (χ4n) is 1.31. The average molecular weight is 202 g/mol. The zero-order valence-electron chi connectivity index (χ0n) is 10.5. The molecule has 0 saturated carbocycles. The maximum absolute atomic E-state index is 5.93. The molecule has 86 valence electrons. The van der Waals surface area contributed by atoms with Gasteiger partial charge in [0.15, 0.2) is 0 Å². The normalized spacial score (nSPS) is 17.1. The van der Waals surface area contributed by atoms with Crippen molar-refractivity contribution < 1.29 is 4.74 Å². The lowest BCUT2D eigenvalue weighted by atomic mass is 9.85. The van der Waals surface area contributed by atoms with Gasteiger partial charge in [-0.1, -0.05) is 13.8 Å². The SMILES string of the molecule is COCC(C)N(C)CC(C)(C)C(C)N. The summed E-state index contributed by atoms with van der Waals surface area (Å²) in [5, 5.41) is 0. The monoisotopic (exact) mass is 202 g/mol. The van der Waals surface area contributed by atoms with E-state index in [2.05, 4.69) is 39.6 Å². The molecule has 0 amide bonds. The first-order valence-corrected chi connectivity index (χ1v) is 5.26. The van der Waals surface area contributed by atoms with Gasteiger partial charge in [-0.25, -0.2) is 0 Å². The van der Waals surface area contributed by atoms with Crippen molar-refractivity contribution in [1.82, 2.24) is 4.90 Å². The van der Waals surface area contributed by atoms with Gasteiger partial charge in [0, 0.05) is 25.7 Å². The molecule has 0 rings (SSSR count). The van der Waals surface area contributed by atoms with Crippen LogP contribution in [0.15, 0.2) is 0 Å². The molecule has 0 aliphatic carbocycles. The Labute approximate surface area is 88.6 Å². The minimum atomic E-state index is 0.150. The molecule has 14 heavy (non-hydrogen) atoms. The topological polar surface area (TPSA) is 38.5 Å². The van der Waals surface area contributed by atoms with Crippen LogP contribution >= 0.6 is 0 Å². The van der Waals surface area contributed by atoms with E-state index < -0.39 is 0 Å². The Morgan fingerprint density at radius 3 is 2.21 bits per heavy atom. The molecule has 0 aliphatic heterocycles. The zero-order valence-corrected chi connectivity index (χ0v) is 10.5. The maximum Gasteiger partial charge on any atom is 0.0615 e. The van der Waals surface area contributed by atoms with Crippen molar-refractivity contribution in [3.8, 4) is 0 Å². The highest BCUT2D eigenvalue weighted by Crippen LogP contribution is 2.20. The van der Waals surface area contributed by atoms with Crippen LogP contribution in [-0.2, 0) is 4.74 Å². The first-order chi connectivity index (χ1) is 6.31. The lowest BCUT2D eigenvalue weighted by molar-refractivity contribution is 0.0844. The van der Waals surface area contributed by atoms with Crippen molar-refractivity contribution in [2.45, 2.75) is 39.8 Å². The number of rotatable bonds is 6. The Bertz CT molecular complexity index is 157. The number of hydrogen-bond donors (Lipinski definition) is 1. The molecular weight excluding hydrogens is 176 g/mol. The van der Waals surface area contributed by atoms with E-state index in [1.165, 1.54) is 0 Å². The molecule has 0 aliphatic rings. The van der Waals surface area contributed by atoms with E-state index in [4.69, 9.17) is 10.5 Å². The number of methoxy groups -OCH3 is 1. The van der Waals surface area contributed by atoms with Gasteiger partial charge in [0.2, 0.25) is 0 Å². The van der Waals surface area contributed by atoms with E-state index in [0.717, 1.165) is 13.2 Å². The molecule has 0 saturated heterocycles. The van der Waals surface area contributed by atoms with E-state index in [1.807, 2.05) is 0 Å². The Morgan fingerprint density at radius 2 is 1.86 bits per heavy atom. The second-order valence-electron chi connectivity index (χ2n) is 5.00. The van der Waals surface area contributed by atoms with Gasteiger partial charge in [-0.3, -0.25) is 0 Å². The minimum Gasteiger partial charge on any atom is -0.383 e. The van der Waals surface area contributed by atoms with Crippen LogP contribution in [0.2, 0.25) is 0 Å². The Balaban J connectivity index is 4.10. The predicted octanol–water partition coefficient (Wildman–Crippen LogP) is 1.33. The van der Waals surface area contributed by atoms with Crippen LogP contribution in [0.1, 0.15) is 27.7 Å². The third-order valence-corrected chi connectivity index (χ3v) is 3.05. The molecular formula is C11H26N2O. The van der Waals surface area contributed by atoms with Crippen LogP contribution < -0.4 is 5.73 Å². The second-order valence-corrected chi connectivity index (χ2v) is 5.00. The second kappa shape index (κ2) is 5.69. The van der Waals surface area contributed by atoms with E-state index in [-0.39, 0.29) is 11.5 Å². The summed E-state index contributed by atoms with van der Waals surface area (Å²) in [6.45, 7) is 10.4. The summed E-state index contributed by atoms with van der Waals surface area (Å²) in [5.41, 5.74) is 6.08. The Hall–Kier alpha value is -0.120. The number of nitrogens with zero attached hydrogens (tertiary/aromatic N) is 1. The Morgan fingerprint density at radius 1 is 1.36 bits per heavy atom. The molecule has 0 aromatic carbocycles. The van der Waals surface area contributed by atoms with Gasteiger partial charge < -0.3 is 15.4 Å². The van der Waals surface area contributed by atoms with E-state index in [1.54, 1.807) is 7.11 Å². The van der Waals surface area contributed by atoms with Gasteiger partial charge >= 0.3 is 0 Å². The van der Waals surface area contributed by atoms with Gasteiger partial charge in [-0.2, -0.15) is 0 Å². The molecule has 0 aromatic rings. The molecule has 0 fully saturated rings. The smallest absolute Gasteiger partial charge is 0.0615 e. The highest BCUT2D eigenvalue weighted by molar-refractivity contribution is 4.82. The summed E-state index contributed by atoms with van der Waals surface area (Å²) >= 11 is 0. The maximum atomic E-state index is 5.93. The van der Waals surface area contributed by atoms with E-state index in [0.29, 0.717) is 6.04 Å². The molecule has 0 radical (unpaired) electrons. The number of ether oxygens (including phenoxy) is 1. The van der Waals surface area contributed by atoms with Crippen molar-refractivity contribution in [2.75, 3.05) is 27.3 Å². The van der Waals surface area contributed by atoms with Crippen molar-refractivity contribution in [2.24, 2.45) is 11.1 Å². The van der Waals surface area contributed by atoms with Crippen molar-refractivity contribution in [3.63, 3.8) is 0 Å². The summed E-state index contributed by atoms with van der Waals surface area (Å²) in [5.74, 6) is 0. The molecule has 3 heteroatoms. The first-order valence-electron chi connectivity index (χ1n) is 5.26. The van der Waals surface area contributed by atoms with Crippen LogP contribution in [0.4, 0.5) is 0 Å². The number of hydrogen-bond acceptors (Lipinski definition) is 3. The molecule has 0 aromatic heterocycles. The van der Waals surface area contributed by atoms with Crippen LogP contribution in [0, 0.1) is 5.41 Å². The molecule has 2 atom stereocenters. The highest BCUT2D eigenvalue weighted by atomic mass is 16.5. The molecule has 2 N–H and O–H groups in total. The van der Waals surface area contributed by atoms with Gasteiger partial charge in [0.1, 0.15) is 0 Å². The summed E-state index contributed by atoms with van der Waals surface area (Å²) < 4.78 is 5.13. The lowest BCUT2D eigenvalue weighted by Gasteiger charge is -2.36. The molecule has 0 bridgehead atoms. The van der Waals surface area contributed by atoms with Crippen molar-refractivity contribution >= 4 is 0 Å². The van der Waals surface area contributed by atoms with Crippen molar-refractivity contribution in [1.29, 1.82) is 0 Å². The lowest BCUT2D eigenvalue weighted by Crippen LogP contribution is -2.46. The number of nitrogens with two attached hydrogens (primary N) is 1. The first kappa shape index (κ1) is 13.9. The quantitative estimate of drug-likeness (QED) is 0.706. The standard InChI is InChI=1S/C11H26N2O/c1-9(7-14-6)13(5)8-11(3,4)10(2)12/h9-10H,7-8,12H2,1-6H3. The molecule has 2 unspecified atom stereocenters. The highest BCUT2D eigenvalue weighted by Gasteiger charge is 2.26. The fraction of sp³-hybridized carbons (Fsp3) is 1.00. The van der Waals surface area contributed by atoms with Gasteiger partial charge in [-0.05, 0) is 26.3 Å². The molecule has 0 spiro atoms. The Kier molecular flexibility index (Phi) is 5.64. The third-order valence-electron chi connectivity index (χ3n) is 3.05. The van der Waals surface area contributed by atoms with Crippen LogP contribution in [0.3, 0.4) is 0 Å². The summed E-state index contributed by atoms with van der Waals surface area (Å²) in [7, 11) is 3.86. The molecule has 3 nitrogen and oxygen atoms in total. The summed E-state index contributed by atoms with van der Waals surface area (Å²) in [4.78, 5) is 2.30. The third kappa shape index (κ3) is 4.40. The zero-order chi connectivity index (χ0) is 11.4. The van der Waals surface area contributed by atoms with Gasteiger partial charge in [0.05, 0.1) is 6.61 Å². The van der Waals surface area contributed by atoms with Gasteiger partial charge in [-0.15, -0.1) is 0 Å². The largest absolute Gasteiger partial charge is 0.383 e. The number of likely N-dealkylation sites (N-methyl/N-ethyl adjacent to an activating group) is 1. The summed E-state index contributed by atoms with van der Waals surface area (Å²) in [6.07, 6.45) is 0. The van der Waals surface area contributed by atoms with Crippen LogP contribution in [-0.4, -0.2) is 44.3 Å². The van der Waals surface area contributed by atoms with E-state index in [9.17, 15) is 0 Å². The van der Waals surface area contributed by atoms with E-state index >= 15 is 0 Å². The van der Waals surface area contributed by atoms with Crippen LogP contribution in [0.5, 0.6) is 0 Å². The van der Waals surface area contributed by atoms with Gasteiger partial charge in [0.25, 0.3) is 0 Å². The van der Waals surface area contributed by atoms with Crippen LogP contribution in [0.25, 0.3) is 0 Å². The average Bonchev–Trinajstić information content (AvgIpc) is 2.03. The summed E-state index contributed by atoms with van der Waals surface area (Å²) in [6, 6.07) is 0.651. The predicted molar refractivity (Wildman–Crippen MR) is 61.4 cm³/mol. The minimum absolute atomic E-state index is 0.150. The fourth-order valence-corrected chi connectivity index (χ4v) is 1.31.